The van der Waals surface area contributed by atoms with Crippen LogP contribution in [0, 0.1) is 5.92 Å². The topological polar surface area (TPSA) is 60.7 Å². The van der Waals surface area contributed by atoms with Crippen molar-refractivity contribution in [1.29, 1.82) is 0 Å². The summed E-state index contributed by atoms with van der Waals surface area (Å²) in [5.41, 5.74) is 4.86. The van der Waals surface area contributed by atoms with E-state index in [4.69, 9.17) is 0 Å². The van der Waals surface area contributed by atoms with Gasteiger partial charge in [0.2, 0.25) is 0 Å². The van der Waals surface area contributed by atoms with Crippen LogP contribution in [-0.2, 0) is 6.42 Å². The van der Waals surface area contributed by atoms with Crippen molar-refractivity contribution in [3.63, 3.8) is 0 Å². The average molecular weight is 413 g/mol. The maximum Gasteiger partial charge on any atom is 0.0602 e. The van der Waals surface area contributed by atoms with Crippen molar-refractivity contribution in [2.45, 2.75) is 102 Å². The summed E-state index contributed by atoms with van der Waals surface area (Å²) in [6.45, 7) is 6.11. The normalized spacial score (nSPS) is 29.3. The molecule has 0 saturated heterocycles. The van der Waals surface area contributed by atoms with Crippen LogP contribution in [0.5, 0.6) is 0 Å². The minimum absolute atomic E-state index is 0.408. The summed E-state index contributed by atoms with van der Waals surface area (Å²) in [6.07, 6.45) is 11.9. The third-order valence-corrected chi connectivity index (χ3v) is 6.88. The first-order valence-electron chi connectivity index (χ1n) is 11.8. The molecule has 3 rings (SSSR count). The fourth-order valence-corrected chi connectivity index (χ4v) is 5.19. The summed E-state index contributed by atoms with van der Waals surface area (Å²) in [7, 11) is 0. The fraction of sp³-hybridized carbons (Fsp3) is 0.630. The molecular formula is C27H40O3. The largest absolute Gasteiger partial charge is 0.393 e. The van der Waals surface area contributed by atoms with Crippen LogP contribution in [0.2, 0.25) is 0 Å². The number of hydrogen-bond donors (Lipinski definition) is 3. The van der Waals surface area contributed by atoms with Crippen molar-refractivity contribution in [3.05, 3.63) is 58.7 Å². The Bertz CT molecular complexity index is 744. The van der Waals surface area contributed by atoms with Gasteiger partial charge in [-0.25, -0.2) is 0 Å². The SMILES string of the molecule is C[C@H]1/C(=C/C=C2C[C@@H](O)C[C@H](O)C2)CCC[C@@H]1c1cccc(CCCC(C)(C)O)c1. The van der Waals surface area contributed by atoms with Crippen molar-refractivity contribution in [1.82, 2.24) is 0 Å². The number of aliphatic hydroxyl groups is 3. The molecule has 30 heavy (non-hydrogen) atoms. The van der Waals surface area contributed by atoms with Crippen LogP contribution in [0.25, 0.3) is 0 Å². The molecule has 0 amide bonds. The lowest BCUT2D eigenvalue weighted by atomic mass is 9.73. The highest BCUT2D eigenvalue weighted by Crippen LogP contribution is 2.41. The van der Waals surface area contributed by atoms with Gasteiger partial charge in [-0.05, 0) is 94.6 Å². The van der Waals surface area contributed by atoms with Crippen LogP contribution in [0.15, 0.2) is 47.6 Å². The Kier molecular flexibility index (Phi) is 7.95. The molecule has 0 bridgehead atoms. The van der Waals surface area contributed by atoms with Gasteiger partial charge in [0.05, 0.1) is 17.8 Å². The fourth-order valence-electron chi connectivity index (χ4n) is 5.19. The van der Waals surface area contributed by atoms with Crippen molar-refractivity contribution >= 4 is 0 Å². The second kappa shape index (κ2) is 10.3. The van der Waals surface area contributed by atoms with E-state index in [2.05, 4.69) is 43.3 Å². The van der Waals surface area contributed by atoms with E-state index in [1.165, 1.54) is 29.5 Å². The molecule has 0 spiro atoms. The van der Waals surface area contributed by atoms with E-state index >= 15 is 0 Å². The standard InChI is InChI=1S/C27H40O3/c1-19-22(13-12-21-16-24(28)18-25(29)17-21)9-5-11-26(19)23-10-4-7-20(15-23)8-6-14-27(2,3)30/h4,7,10,12-13,15,19,24-26,28-30H,5-6,8-9,11,14,16-18H2,1-3H3/b22-13+/t19-,24+,25+,26-/m0/s1. The molecule has 166 valence electrons. The summed E-state index contributed by atoms with van der Waals surface area (Å²) >= 11 is 0. The molecule has 0 aromatic heterocycles. The summed E-state index contributed by atoms with van der Waals surface area (Å²) in [5.74, 6) is 1.04. The van der Waals surface area contributed by atoms with E-state index < -0.39 is 17.8 Å². The summed E-state index contributed by atoms with van der Waals surface area (Å²) < 4.78 is 0. The second-order valence-corrected chi connectivity index (χ2v) is 10.2. The van der Waals surface area contributed by atoms with E-state index in [-0.39, 0.29) is 0 Å². The number of hydrogen-bond acceptors (Lipinski definition) is 3. The number of aryl methyl sites for hydroxylation is 1. The number of benzene rings is 1. The molecule has 1 aromatic carbocycles. The number of rotatable bonds is 6. The number of allylic oxidation sites excluding steroid dienone is 3. The van der Waals surface area contributed by atoms with Gasteiger partial charge >= 0.3 is 0 Å². The Morgan fingerprint density at radius 3 is 2.53 bits per heavy atom. The molecule has 3 heteroatoms. The molecule has 4 atom stereocenters. The van der Waals surface area contributed by atoms with Gasteiger partial charge in [-0.1, -0.05) is 54.5 Å². The first kappa shape index (κ1) is 23.2. The van der Waals surface area contributed by atoms with Gasteiger partial charge in [0, 0.05) is 0 Å². The molecule has 1 aromatic rings. The maximum atomic E-state index is 9.95. The quantitative estimate of drug-likeness (QED) is 0.583. The molecule has 3 N–H and O–H groups in total. The van der Waals surface area contributed by atoms with Crippen molar-refractivity contribution < 1.29 is 15.3 Å². The maximum absolute atomic E-state index is 9.95. The van der Waals surface area contributed by atoms with Crippen LogP contribution >= 0.6 is 0 Å². The van der Waals surface area contributed by atoms with Crippen molar-refractivity contribution in [2.75, 3.05) is 0 Å². The summed E-state index contributed by atoms with van der Waals surface area (Å²) in [5, 5.41) is 29.8. The molecule has 0 aliphatic heterocycles. The minimum atomic E-state index is -0.589. The first-order chi connectivity index (χ1) is 14.2. The Hall–Kier alpha value is -1.42. The third kappa shape index (κ3) is 6.80. The molecule has 0 heterocycles. The van der Waals surface area contributed by atoms with Gasteiger partial charge in [0.15, 0.2) is 0 Å². The predicted octanol–water partition coefficient (Wildman–Crippen LogP) is 5.44. The van der Waals surface area contributed by atoms with Crippen LogP contribution in [0.3, 0.4) is 0 Å². The van der Waals surface area contributed by atoms with Gasteiger partial charge in [-0.15, -0.1) is 0 Å². The monoisotopic (exact) mass is 412 g/mol. The van der Waals surface area contributed by atoms with Gasteiger partial charge in [-0.2, -0.15) is 0 Å². The molecule has 3 nitrogen and oxygen atoms in total. The minimum Gasteiger partial charge on any atom is -0.393 e. The van der Waals surface area contributed by atoms with E-state index in [9.17, 15) is 15.3 Å². The predicted molar refractivity (Wildman–Crippen MR) is 123 cm³/mol. The van der Waals surface area contributed by atoms with Crippen LogP contribution in [-0.4, -0.2) is 33.1 Å². The Morgan fingerprint density at radius 1 is 1.10 bits per heavy atom. The summed E-state index contributed by atoms with van der Waals surface area (Å²) in [4.78, 5) is 0. The Labute approximate surface area is 182 Å². The number of aliphatic hydroxyl groups excluding tert-OH is 2. The van der Waals surface area contributed by atoms with Gasteiger partial charge in [-0.3, -0.25) is 0 Å². The van der Waals surface area contributed by atoms with Crippen LogP contribution in [0.1, 0.15) is 89.2 Å². The molecule has 2 aliphatic carbocycles. The zero-order valence-electron chi connectivity index (χ0n) is 19.0. The van der Waals surface area contributed by atoms with Crippen LogP contribution in [0.4, 0.5) is 0 Å². The summed E-state index contributed by atoms with van der Waals surface area (Å²) in [6, 6.07) is 9.05. The zero-order valence-corrected chi connectivity index (χ0v) is 19.0. The van der Waals surface area contributed by atoms with Gasteiger partial charge in [0.25, 0.3) is 0 Å². The van der Waals surface area contributed by atoms with E-state index in [0.29, 0.717) is 31.1 Å². The highest BCUT2D eigenvalue weighted by molar-refractivity contribution is 5.31. The van der Waals surface area contributed by atoms with E-state index in [1.54, 1.807) is 0 Å². The molecule has 0 radical (unpaired) electrons. The molecule has 2 aliphatic rings. The molecule has 2 fully saturated rings. The molecular weight excluding hydrogens is 372 g/mol. The zero-order chi connectivity index (χ0) is 21.7. The molecule has 2 saturated carbocycles. The van der Waals surface area contributed by atoms with Crippen molar-refractivity contribution in [3.8, 4) is 0 Å². The van der Waals surface area contributed by atoms with Gasteiger partial charge < -0.3 is 15.3 Å². The lowest BCUT2D eigenvalue weighted by Crippen LogP contribution is -2.24. The van der Waals surface area contributed by atoms with Gasteiger partial charge in [0.1, 0.15) is 0 Å². The molecule has 0 unspecified atom stereocenters. The lowest BCUT2D eigenvalue weighted by Gasteiger charge is -2.32. The van der Waals surface area contributed by atoms with Crippen LogP contribution < -0.4 is 0 Å². The Morgan fingerprint density at radius 2 is 1.83 bits per heavy atom. The van der Waals surface area contributed by atoms with E-state index in [1.807, 2.05) is 13.8 Å². The smallest absolute Gasteiger partial charge is 0.0602 e. The highest BCUT2D eigenvalue weighted by atomic mass is 16.3. The second-order valence-electron chi connectivity index (χ2n) is 10.2. The van der Waals surface area contributed by atoms with Crippen molar-refractivity contribution in [2.24, 2.45) is 5.92 Å². The highest BCUT2D eigenvalue weighted by Gasteiger charge is 2.27. The first-order valence-corrected chi connectivity index (χ1v) is 11.8. The Balaban J connectivity index is 1.67. The third-order valence-electron chi connectivity index (χ3n) is 6.88. The lowest BCUT2D eigenvalue weighted by molar-refractivity contribution is 0.0609. The average Bonchev–Trinajstić information content (AvgIpc) is 2.66. The van der Waals surface area contributed by atoms with E-state index in [0.717, 1.165) is 31.3 Å².